The molecule has 0 saturated heterocycles. The van der Waals surface area contributed by atoms with Gasteiger partial charge < -0.3 is 9.80 Å². The van der Waals surface area contributed by atoms with Crippen LogP contribution in [0, 0.1) is 0 Å². The molecular formula is C54H40N2. The van der Waals surface area contributed by atoms with Crippen molar-refractivity contribution in [2.24, 2.45) is 0 Å². The number of para-hydroxylation sites is 2. The Morgan fingerprint density at radius 3 is 1.14 bits per heavy atom. The van der Waals surface area contributed by atoms with E-state index in [1.54, 1.807) is 0 Å². The zero-order valence-electron chi connectivity index (χ0n) is 31.0. The van der Waals surface area contributed by atoms with E-state index < -0.39 is 0 Å². The quantitative estimate of drug-likeness (QED) is 0.130. The van der Waals surface area contributed by atoms with Crippen molar-refractivity contribution in [1.82, 2.24) is 0 Å². The third kappa shape index (κ3) is 7.50. The lowest BCUT2D eigenvalue weighted by Crippen LogP contribution is -2.09. The largest absolute Gasteiger partial charge is 0.310 e. The van der Waals surface area contributed by atoms with Crippen molar-refractivity contribution in [2.45, 2.75) is 0 Å². The van der Waals surface area contributed by atoms with Crippen LogP contribution in [0.2, 0.25) is 0 Å². The van der Waals surface area contributed by atoms with Crippen LogP contribution >= 0.6 is 0 Å². The molecule has 266 valence electrons. The third-order valence-corrected chi connectivity index (χ3v) is 10.2. The number of hydrogen-bond donors (Lipinski definition) is 0. The number of anilines is 6. The van der Waals surface area contributed by atoms with Crippen LogP contribution in [0.15, 0.2) is 231 Å². The van der Waals surface area contributed by atoms with E-state index in [1.807, 2.05) is 0 Å². The summed E-state index contributed by atoms with van der Waals surface area (Å²) >= 11 is 0. The van der Waals surface area contributed by atoms with E-state index in [0.29, 0.717) is 0 Å². The maximum Gasteiger partial charge on any atom is 0.0468 e. The van der Waals surface area contributed by atoms with Gasteiger partial charge >= 0.3 is 0 Å². The number of hydrogen-bond acceptors (Lipinski definition) is 2. The highest BCUT2D eigenvalue weighted by Gasteiger charge is 2.15. The van der Waals surface area contributed by atoms with Crippen molar-refractivity contribution in [1.29, 1.82) is 0 Å². The predicted molar refractivity (Wildman–Crippen MR) is 240 cm³/mol. The maximum absolute atomic E-state index is 2.34. The highest BCUT2D eigenvalue weighted by atomic mass is 15.1. The number of rotatable bonds is 10. The van der Waals surface area contributed by atoms with Crippen molar-refractivity contribution >= 4 is 57.0 Å². The van der Waals surface area contributed by atoms with Gasteiger partial charge in [0.2, 0.25) is 0 Å². The summed E-state index contributed by atoms with van der Waals surface area (Å²) < 4.78 is 0. The number of nitrogens with zero attached hydrogens (tertiary/aromatic N) is 2. The number of fused-ring (bicyclic) bond motifs is 1. The van der Waals surface area contributed by atoms with Gasteiger partial charge in [-0.25, -0.2) is 0 Å². The van der Waals surface area contributed by atoms with Gasteiger partial charge in [-0.1, -0.05) is 164 Å². The minimum absolute atomic E-state index is 1.11. The Hall–Kier alpha value is -7.42. The Morgan fingerprint density at radius 2 is 0.589 bits per heavy atom. The molecule has 9 aromatic rings. The van der Waals surface area contributed by atoms with E-state index in [1.165, 1.54) is 33.0 Å². The van der Waals surface area contributed by atoms with E-state index in [0.717, 1.165) is 45.3 Å². The van der Waals surface area contributed by atoms with Crippen LogP contribution in [-0.4, -0.2) is 0 Å². The normalized spacial score (nSPS) is 11.1. The first kappa shape index (κ1) is 34.4. The second kappa shape index (κ2) is 15.9. The van der Waals surface area contributed by atoms with Gasteiger partial charge in [-0.2, -0.15) is 0 Å². The smallest absolute Gasteiger partial charge is 0.0468 e. The Labute approximate surface area is 329 Å². The van der Waals surface area contributed by atoms with Crippen LogP contribution in [0.3, 0.4) is 0 Å². The summed E-state index contributed by atoms with van der Waals surface area (Å²) in [5.74, 6) is 0. The first-order valence-electron chi connectivity index (χ1n) is 19.1. The average Bonchev–Trinajstić information content (AvgIpc) is 3.28. The summed E-state index contributed by atoms with van der Waals surface area (Å²) in [7, 11) is 0. The van der Waals surface area contributed by atoms with Gasteiger partial charge in [0.15, 0.2) is 0 Å². The van der Waals surface area contributed by atoms with Gasteiger partial charge in [0.05, 0.1) is 0 Å². The molecular weight excluding hydrogens is 677 g/mol. The average molecular weight is 717 g/mol. The van der Waals surface area contributed by atoms with Crippen LogP contribution in [-0.2, 0) is 0 Å². The molecule has 0 aliphatic rings. The third-order valence-electron chi connectivity index (χ3n) is 10.2. The van der Waals surface area contributed by atoms with Gasteiger partial charge in [-0.05, 0) is 123 Å². The lowest BCUT2D eigenvalue weighted by Gasteiger charge is -2.26. The van der Waals surface area contributed by atoms with Crippen molar-refractivity contribution in [3.63, 3.8) is 0 Å². The standard InChI is InChI=1S/C54H40N2/c1-5-15-43(16-6-1)45-19-13-25-52(38-45)55(49-21-9-3-10-22-49)51-34-30-41(31-35-51)27-28-42-29-32-48-40-54(36-33-47(48)37-42)56(50-23-11-4-12-24-50)53-26-14-20-46(39-53)44-17-7-2-8-18-44/h1-40H/b28-27+. The molecule has 0 atom stereocenters. The van der Waals surface area contributed by atoms with Crippen LogP contribution in [0.5, 0.6) is 0 Å². The van der Waals surface area contributed by atoms with Crippen molar-refractivity contribution in [3.8, 4) is 22.3 Å². The zero-order chi connectivity index (χ0) is 37.5. The zero-order valence-corrected chi connectivity index (χ0v) is 31.0. The fourth-order valence-corrected chi connectivity index (χ4v) is 7.38. The molecule has 9 aromatic carbocycles. The Morgan fingerprint density at radius 1 is 0.232 bits per heavy atom. The second-order valence-electron chi connectivity index (χ2n) is 13.9. The molecule has 9 rings (SSSR count). The molecule has 2 nitrogen and oxygen atoms in total. The van der Waals surface area contributed by atoms with E-state index in [4.69, 9.17) is 0 Å². The van der Waals surface area contributed by atoms with Crippen LogP contribution in [0.1, 0.15) is 11.1 Å². The lowest BCUT2D eigenvalue weighted by atomic mass is 10.0. The summed E-state index contributed by atoms with van der Waals surface area (Å²) in [6.07, 6.45) is 4.39. The Kier molecular flexibility index (Phi) is 9.75. The fraction of sp³-hybridized carbons (Fsp3) is 0. The fourth-order valence-electron chi connectivity index (χ4n) is 7.38. The van der Waals surface area contributed by atoms with E-state index in [9.17, 15) is 0 Å². The molecule has 0 fully saturated rings. The van der Waals surface area contributed by atoms with Crippen molar-refractivity contribution < 1.29 is 0 Å². The SMILES string of the molecule is C(=C\c1ccc2cc(N(c3ccccc3)c3cccc(-c4ccccc4)c3)ccc2c1)/c1ccc(N(c2ccccc2)c2cccc(-c3ccccc3)c2)cc1. The van der Waals surface area contributed by atoms with Crippen LogP contribution < -0.4 is 9.80 Å². The highest BCUT2D eigenvalue weighted by Crippen LogP contribution is 2.39. The molecule has 2 heteroatoms. The Balaban J connectivity index is 0.979. The lowest BCUT2D eigenvalue weighted by molar-refractivity contribution is 1.28. The monoisotopic (exact) mass is 716 g/mol. The van der Waals surface area contributed by atoms with Crippen molar-refractivity contribution in [2.75, 3.05) is 9.80 Å². The summed E-state index contributed by atoms with van der Waals surface area (Å²) in [5, 5.41) is 2.40. The van der Waals surface area contributed by atoms with Crippen molar-refractivity contribution in [3.05, 3.63) is 242 Å². The molecule has 0 radical (unpaired) electrons. The molecule has 0 saturated carbocycles. The molecule has 0 aliphatic carbocycles. The highest BCUT2D eigenvalue weighted by molar-refractivity contribution is 5.92. The summed E-state index contributed by atoms with van der Waals surface area (Å²) in [6, 6.07) is 82.1. The summed E-state index contributed by atoms with van der Waals surface area (Å²) in [6.45, 7) is 0. The molecule has 0 N–H and O–H groups in total. The van der Waals surface area contributed by atoms with Crippen LogP contribution in [0.25, 0.3) is 45.2 Å². The molecule has 0 amide bonds. The molecule has 56 heavy (non-hydrogen) atoms. The van der Waals surface area contributed by atoms with E-state index in [-0.39, 0.29) is 0 Å². The summed E-state index contributed by atoms with van der Waals surface area (Å²) in [5.41, 5.74) is 13.8. The first-order valence-corrected chi connectivity index (χ1v) is 19.1. The van der Waals surface area contributed by atoms with E-state index >= 15 is 0 Å². The van der Waals surface area contributed by atoms with Gasteiger partial charge in [0, 0.05) is 34.1 Å². The molecule has 0 spiro atoms. The minimum atomic E-state index is 1.11. The number of benzene rings is 9. The maximum atomic E-state index is 2.34. The predicted octanol–water partition coefficient (Wildman–Crippen LogP) is 15.3. The molecule has 0 heterocycles. The van der Waals surface area contributed by atoms with Gasteiger partial charge in [0.1, 0.15) is 0 Å². The summed E-state index contributed by atoms with van der Waals surface area (Å²) in [4.78, 5) is 4.65. The van der Waals surface area contributed by atoms with Gasteiger partial charge in [-0.15, -0.1) is 0 Å². The van der Waals surface area contributed by atoms with E-state index in [2.05, 4.69) is 252 Å². The molecule has 0 unspecified atom stereocenters. The Bertz CT molecular complexity index is 2720. The van der Waals surface area contributed by atoms with Gasteiger partial charge in [0.25, 0.3) is 0 Å². The second-order valence-corrected chi connectivity index (χ2v) is 13.9. The molecule has 0 aliphatic heterocycles. The van der Waals surface area contributed by atoms with Gasteiger partial charge in [-0.3, -0.25) is 0 Å². The topological polar surface area (TPSA) is 6.48 Å². The van der Waals surface area contributed by atoms with Crippen LogP contribution in [0.4, 0.5) is 34.1 Å². The molecule has 0 bridgehead atoms. The molecule has 0 aromatic heterocycles. The minimum Gasteiger partial charge on any atom is -0.310 e. The first-order chi connectivity index (χ1) is 27.7.